The van der Waals surface area contributed by atoms with Crippen molar-refractivity contribution in [1.29, 1.82) is 5.26 Å². The summed E-state index contributed by atoms with van der Waals surface area (Å²) in [5, 5.41) is 8.30. The zero-order valence-electron chi connectivity index (χ0n) is 8.70. The van der Waals surface area contributed by atoms with Crippen molar-refractivity contribution in [2.75, 3.05) is 18.5 Å². The summed E-state index contributed by atoms with van der Waals surface area (Å²) < 4.78 is 25.9. The first kappa shape index (κ1) is 12.1. The van der Waals surface area contributed by atoms with E-state index in [1.54, 1.807) is 6.07 Å². The highest BCUT2D eigenvalue weighted by molar-refractivity contribution is 5.85. The fourth-order valence-corrected chi connectivity index (χ4v) is 1.28. The Labute approximate surface area is 91.9 Å². The summed E-state index contributed by atoms with van der Waals surface area (Å²) >= 11 is 0. The van der Waals surface area contributed by atoms with Crippen LogP contribution in [0.15, 0.2) is 18.2 Å². The van der Waals surface area contributed by atoms with Gasteiger partial charge in [-0.15, -0.1) is 0 Å². The molecule has 16 heavy (non-hydrogen) atoms. The first-order valence-electron chi connectivity index (χ1n) is 4.59. The summed E-state index contributed by atoms with van der Waals surface area (Å²) in [5.41, 5.74) is 0.132. The normalized spacial score (nSPS) is 9.62. The molecule has 0 amide bonds. The topological polar surface area (TPSA) is 44.1 Å². The number of rotatable bonds is 4. The van der Waals surface area contributed by atoms with Gasteiger partial charge in [0.2, 0.25) is 0 Å². The number of nitriles is 1. The van der Waals surface area contributed by atoms with Gasteiger partial charge in [0.1, 0.15) is 11.6 Å². The third-order valence-electron chi connectivity index (χ3n) is 2.01. The molecule has 0 saturated carbocycles. The minimum atomic E-state index is -0.729. The molecule has 0 unspecified atom stereocenters. The fraction of sp³-hybridized carbons (Fsp3) is 0.273. The molecule has 5 heteroatoms. The van der Waals surface area contributed by atoms with Crippen molar-refractivity contribution >= 4 is 11.5 Å². The average Bonchev–Trinajstić information content (AvgIpc) is 2.17. The summed E-state index contributed by atoms with van der Waals surface area (Å²) in [6.45, 7) is -0.0733. The molecule has 3 nitrogen and oxygen atoms in total. The Balaban J connectivity index is 2.77. The van der Waals surface area contributed by atoms with Gasteiger partial charge in [-0.2, -0.15) is 5.26 Å². The van der Waals surface area contributed by atoms with Crippen LogP contribution in [-0.4, -0.2) is 19.4 Å². The van der Waals surface area contributed by atoms with Crippen LogP contribution in [0.3, 0.4) is 0 Å². The number of anilines is 1. The number of benzene rings is 1. The van der Waals surface area contributed by atoms with E-state index >= 15 is 0 Å². The Bertz CT molecular complexity index is 440. The molecule has 0 aliphatic carbocycles. The highest BCUT2D eigenvalue weighted by atomic mass is 19.1. The Morgan fingerprint density at radius 3 is 2.75 bits per heavy atom. The Kier molecular flexibility index (Phi) is 3.95. The molecule has 0 bridgehead atoms. The largest absolute Gasteiger partial charge is 0.365 e. The van der Waals surface area contributed by atoms with E-state index in [4.69, 9.17) is 5.26 Å². The second kappa shape index (κ2) is 5.21. The van der Waals surface area contributed by atoms with Gasteiger partial charge in [-0.05, 0) is 12.1 Å². The second-order valence-corrected chi connectivity index (χ2v) is 3.33. The van der Waals surface area contributed by atoms with Crippen molar-refractivity contribution in [3.8, 4) is 6.07 Å². The molecule has 0 aromatic heterocycles. The van der Waals surface area contributed by atoms with Crippen LogP contribution in [0.1, 0.15) is 6.42 Å². The number of nitrogens with zero attached hydrogens (tertiary/aromatic N) is 2. The number of hydrogen-bond acceptors (Lipinski definition) is 3. The number of carbonyl (C=O) groups excluding carboxylic acids is 1. The lowest BCUT2D eigenvalue weighted by Crippen LogP contribution is -2.26. The molecule has 0 radical (unpaired) electrons. The number of ketones is 1. The molecule has 0 aliphatic rings. The molecule has 0 spiro atoms. The highest BCUT2D eigenvalue weighted by Gasteiger charge is 2.11. The summed E-state index contributed by atoms with van der Waals surface area (Å²) in [7, 11) is 1.51. The van der Waals surface area contributed by atoms with Crippen molar-refractivity contribution in [2.45, 2.75) is 6.42 Å². The lowest BCUT2D eigenvalue weighted by atomic mass is 10.2. The maximum atomic E-state index is 13.3. The molecule has 1 aromatic carbocycles. The monoisotopic (exact) mass is 224 g/mol. The zero-order valence-corrected chi connectivity index (χ0v) is 8.70. The van der Waals surface area contributed by atoms with Crippen LogP contribution >= 0.6 is 0 Å². The zero-order chi connectivity index (χ0) is 12.1. The van der Waals surface area contributed by atoms with Crippen LogP contribution < -0.4 is 4.90 Å². The standard InChI is InChI=1S/C11H10F2N2O/c1-15(7-9(16)4-5-14)11-3-2-8(12)6-10(11)13/h2-3,6H,4,7H2,1H3. The maximum absolute atomic E-state index is 13.3. The predicted octanol–water partition coefficient (Wildman–Crippen LogP) is 1.88. The molecule has 1 aromatic rings. The molecule has 0 fully saturated rings. The molecular formula is C11H10F2N2O. The van der Waals surface area contributed by atoms with Gasteiger partial charge < -0.3 is 4.90 Å². The van der Waals surface area contributed by atoms with Gasteiger partial charge in [-0.3, -0.25) is 4.79 Å². The number of Topliss-reactive ketones (excluding diaryl/α,β-unsaturated/α-hetero) is 1. The number of likely N-dealkylation sites (N-methyl/N-ethyl adjacent to an activating group) is 1. The van der Waals surface area contributed by atoms with Gasteiger partial charge in [0.25, 0.3) is 0 Å². The van der Waals surface area contributed by atoms with E-state index in [1.807, 2.05) is 0 Å². The van der Waals surface area contributed by atoms with Crippen molar-refractivity contribution in [3.63, 3.8) is 0 Å². The summed E-state index contributed by atoms with van der Waals surface area (Å²) in [6, 6.07) is 4.84. The van der Waals surface area contributed by atoms with Crippen LogP contribution in [0.2, 0.25) is 0 Å². The van der Waals surface area contributed by atoms with Crippen molar-refractivity contribution in [1.82, 2.24) is 0 Å². The molecule has 0 aliphatic heterocycles. The smallest absolute Gasteiger partial charge is 0.166 e. The lowest BCUT2D eigenvalue weighted by molar-refractivity contribution is -0.116. The maximum Gasteiger partial charge on any atom is 0.166 e. The first-order chi connectivity index (χ1) is 7.54. The van der Waals surface area contributed by atoms with Crippen LogP contribution in [0.25, 0.3) is 0 Å². The van der Waals surface area contributed by atoms with Crippen LogP contribution in [0.4, 0.5) is 14.5 Å². The van der Waals surface area contributed by atoms with Crippen molar-refractivity contribution in [2.24, 2.45) is 0 Å². The van der Waals surface area contributed by atoms with Gasteiger partial charge in [-0.1, -0.05) is 0 Å². The minimum Gasteiger partial charge on any atom is -0.365 e. The fourth-order valence-electron chi connectivity index (χ4n) is 1.28. The van der Waals surface area contributed by atoms with E-state index < -0.39 is 11.6 Å². The Hall–Kier alpha value is -1.96. The molecule has 0 N–H and O–H groups in total. The predicted molar refractivity (Wildman–Crippen MR) is 54.9 cm³/mol. The highest BCUT2D eigenvalue weighted by Crippen LogP contribution is 2.18. The molecular weight excluding hydrogens is 214 g/mol. The first-order valence-corrected chi connectivity index (χ1v) is 4.59. The quantitative estimate of drug-likeness (QED) is 0.784. The SMILES string of the molecule is CN(CC(=O)CC#N)c1ccc(F)cc1F. The van der Waals surface area contributed by atoms with Crippen LogP contribution in [-0.2, 0) is 4.79 Å². The number of halogens is 2. The summed E-state index contributed by atoms with van der Waals surface area (Å²) in [4.78, 5) is 12.5. The van der Waals surface area contributed by atoms with Crippen molar-refractivity contribution in [3.05, 3.63) is 29.8 Å². The number of carbonyl (C=O) groups is 1. The van der Waals surface area contributed by atoms with Crippen LogP contribution in [0, 0.1) is 23.0 Å². The summed E-state index contributed by atoms with van der Waals surface area (Å²) in [6.07, 6.45) is -0.215. The van der Waals surface area contributed by atoms with Gasteiger partial charge in [0, 0.05) is 13.1 Å². The van der Waals surface area contributed by atoms with E-state index in [2.05, 4.69) is 0 Å². The molecule has 0 heterocycles. The average molecular weight is 224 g/mol. The number of hydrogen-bond donors (Lipinski definition) is 0. The lowest BCUT2D eigenvalue weighted by Gasteiger charge is -2.18. The van der Waals surface area contributed by atoms with Gasteiger partial charge in [0.15, 0.2) is 5.78 Å². The van der Waals surface area contributed by atoms with Gasteiger partial charge in [0.05, 0.1) is 24.7 Å². The van der Waals surface area contributed by atoms with E-state index in [0.29, 0.717) is 0 Å². The third-order valence-corrected chi connectivity index (χ3v) is 2.01. The molecule has 1 rings (SSSR count). The third kappa shape index (κ3) is 3.02. The molecule has 0 saturated heterocycles. The van der Waals surface area contributed by atoms with Gasteiger partial charge in [-0.25, -0.2) is 8.78 Å². The Morgan fingerprint density at radius 2 is 2.19 bits per heavy atom. The van der Waals surface area contributed by atoms with E-state index in [-0.39, 0.29) is 24.4 Å². The molecule has 84 valence electrons. The van der Waals surface area contributed by atoms with E-state index in [0.717, 1.165) is 12.1 Å². The van der Waals surface area contributed by atoms with Gasteiger partial charge >= 0.3 is 0 Å². The Morgan fingerprint density at radius 1 is 1.50 bits per heavy atom. The molecule has 0 atom stereocenters. The van der Waals surface area contributed by atoms with E-state index in [1.165, 1.54) is 18.0 Å². The van der Waals surface area contributed by atoms with E-state index in [9.17, 15) is 13.6 Å². The minimum absolute atomic E-state index is 0.0733. The summed E-state index contributed by atoms with van der Waals surface area (Å²) in [5.74, 6) is -1.71. The second-order valence-electron chi connectivity index (χ2n) is 3.33. The van der Waals surface area contributed by atoms with Crippen molar-refractivity contribution < 1.29 is 13.6 Å². The van der Waals surface area contributed by atoms with Crippen LogP contribution in [0.5, 0.6) is 0 Å².